The first-order chi connectivity index (χ1) is 10.1. The van der Waals surface area contributed by atoms with E-state index in [1.54, 1.807) is 6.07 Å². The Labute approximate surface area is 131 Å². The van der Waals surface area contributed by atoms with Crippen LogP contribution >= 0.6 is 23.4 Å². The Morgan fingerprint density at radius 1 is 1.57 bits per heavy atom. The number of halogens is 1. The molecular weight excluding hydrogens is 312 g/mol. The van der Waals surface area contributed by atoms with Gasteiger partial charge in [-0.3, -0.25) is 4.79 Å². The third kappa shape index (κ3) is 3.17. The second kappa shape index (κ2) is 6.25. The van der Waals surface area contributed by atoms with Gasteiger partial charge in [-0.1, -0.05) is 29.4 Å². The maximum Gasteiger partial charge on any atom is 0.313 e. The Morgan fingerprint density at radius 3 is 3.14 bits per heavy atom. The number of aromatic nitrogens is 2. The topological polar surface area (TPSA) is 64.3 Å². The van der Waals surface area contributed by atoms with E-state index in [1.807, 2.05) is 16.7 Å². The summed E-state index contributed by atoms with van der Waals surface area (Å²) in [6.45, 7) is 1.47. The minimum absolute atomic E-state index is 0.0214. The summed E-state index contributed by atoms with van der Waals surface area (Å²) in [5.41, 5.74) is 1.64. The Balaban J connectivity index is 1.97. The summed E-state index contributed by atoms with van der Waals surface area (Å²) < 4.78 is 7.70. The average Bonchev–Trinajstić information content (AvgIpc) is 3.07. The molecule has 0 aliphatic carbocycles. The van der Waals surface area contributed by atoms with Gasteiger partial charge in [0.25, 0.3) is 0 Å². The molecule has 0 amide bonds. The molecule has 1 aromatic carbocycles. The van der Waals surface area contributed by atoms with E-state index in [4.69, 9.17) is 21.4 Å². The van der Waals surface area contributed by atoms with E-state index in [9.17, 15) is 4.79 Å². The van der Waals surface area contributed by atoms with E-state index in [2.05, 4.69) is 4.98 Å². The Morgan fingerprint density at radius 2 is 2.43 bits per heavy atom. The summed E-state index contributed by atoms with van der Waals surface area (Å²) in [5, 5.41) is 10.1. The van der Waals surface area contributed by atoms with Gasteiger partial charge in [-0.05, 0) is 25.0 Å². The molecule has 1 aliphatic heterocycles. The fourth-order valence-corrected chi connectivity index (χ4v) is 3.45. The second-order valence-corrected chi connectivity index (χ2v) is 6.28. The second-order valence-electron chi connectivity index (χ2n) is 4.93. The van der Waals surface area contributed by atoms with Gasteiger partial charge in [0, 0.05) is 6.61 Å². The molecule has 1 atom stereocenters. The molecule has 1 unspecified atom stereocenters. The van der Waals surface area contributed by atoms with E-state index >= 15 is 0 Å². The number of thioether (sulfide) groups is 1. The number of hydrogen-bond donors (Lipinski definition) is 1. The van der Waals surface area contributed by atoms with Crippen LogP contribution in [0.4, 0.5) is 0 Å². The average molecular weight is 327 g/mol. The van der Waals surface area contributed by atoms with Gasteiger partial charge in [-0.2, -0.15) is 0 Å². The van der Waals surface area contributed by atoms with Crippen LogP contribution in [0.15, 0.2) is 23.4 Å². The summed E-state index contributed by atoms with van der Waals surface area (Å²) in [5.74, 6) is -0.881. The summed E-state index contributed by atoms with van der Waals surface area (Å²) >= 11 is 7.40. The molecule has 1 fully saturated rings. The Bertz CT molecular complexity index is 668. The van der Waals surface area contributed by atoms with Crippen molar-refractivity contribution >= 4 is 40.4 Å². The summed E-state index contributed by atoms with van der Waals surface area (Å²) in [4.78, 5) is 15.3. The van der Waals surface area contributed by atoms with Gasteiger partial charge >= 0.3 is 5.97 Å². The van der Waals surface area contributed by atoms with Gasteiger partial charge in [0.05, 0.1) is 28.9 Å². The van der Waals surface area contributed by atoms with Gasteiger partial charge < -0.3 is 14.4 Å². The van der Waals surface area contributed by atoms with Crippen LogP contribution in [-0.4, -0.2) is 39.1 Å². The van der Waals surface area contributed by atoms with Gasteiger partial charge in [-0.15, -0.1) is 0 Å². The van der Waals surface area contributed by atoms with E-state index in [0.29, 0.717) is 22.2 Å². The lowest BCUT2D eigenvalue weighted by molar-refractivity contribution is -0.133. The van der Waals surface area contributed by atoms with Crippen LogP contribution in [-0.2, 0) is 16.1 Å². The molecule has 0 spiro atoms. The fourth-order valence-electron chi connectivity index (χ4n) is 2.50. The third-order valence-corrected chi connectivity index (χ3v) is 4.70. The molecule has 0 saturated carbocycles. The molecule has 112 valence electrons. The molecule has 5 nitrogen and oxygen atoms in total. The molecule has 0 radical (unpaired) electrons. The van der Waals surface area contributed by atoms with Crippen molar-refractivity contribution in [1.82, 2.24) is 9.55 Å². The number of fused-ring (bicyclic) bond motifs is 1. The standard InChI is InChI=1S/C14H15ClN2O3S/c15-10-4-1-5-11-13(10)16-14(21-8-12(18)19)17(11)7-9-3-2-6-20-9/h1,4-5,9H,2-3,6-8H2,(H,18,19). The molecule has 1 saturated heterocycles. The summed E-state index contributed by atoms with van der Waals surface area (Å²) in [6, 6.07) is 5.62. The van der Waals surface area contributed by atoms with Crippen molar-refractivity contribution in [3.05, 3.63) is 23.2 Å². The predicted molar refractivity (Wildman–Crippen MR) is 82.1 cm³/mol. The van der Waals surface area contributed by atoms with Crippen LogP contribution in [0.2, 0.25) is 5.02 Å². The van der Waals surface area contributed by atoms with E-state index in [-0.39, 0.29) is 11.9 Å². The largest absolute Gasteiger partial charge is 0.481 e. The first-order valence-electron chi connectivity index (χ1n) is 6.76. The van der Waals surface area contributed by atoms with Crippen molar-refractivity contribution in [3.8, 4) is 0 Å². The first-order valence-corrected chi connectivity index (χ1v) is 8.12. The Hall–Kier alpha value is -1.24. The van der Waals surface area contributed by atoms with Crippen LogP contribution in [0.5, 0.6) is 0 Å². The zero-order valence-electron chi connectivity index (χ0n) is 11.3. The SMILES string of the molecule is O=C(O)CSc1nc2c(Cl)cccc2n1CC1CCCO1. The highest BCUT2D eigenvalue weighted by atomic mass is 35.5. The van der Waals surface area contributed by atoms with Gasteiger partial charge in [0.15, 0.2) is 5.16 Å². The molecule has 1 aromatic heterocycles. The quantitative estimate of drug-likeness (QED) is 0.856. The van der Waals surface area contributed by atoms with Crippen molar-refractivity contribution < 1.29 is 14.6 Å². The smallest absolute Gasteiger partial charge is 0.313 e. The zero-order chi connectivity index (χ0) is 14.8. The van der Waals surface area contributed by atoms with Crippen molar-refractivity contribution in [2.45, 2.75) is 30.6 Å². The molecule has 7 heteroatoms. The maximum absolute atomic E-state index is 10.8. The van der Waals surface area contributed by atoms with E-state index in [1.165, 1.54) is 11.8 Å². The lowest BCUT2D eigenvalue weighted by atomic mass is 10.2. The number of nitrogens with zero attached hydrogens (tertiary/aromatic N) is 2. The number of carboxylic acids is 1. The number of aliphatic carboxylic acids is 1. The van der Waals surface area contributed by atoms with Crippen LogP contribution in [0.3, 0.4) is 0 Å². The predicted octanol–water partition coefficient (Wildman–Crippen LogP) is 3.05. The van der Waals surface area contributed by atoms with Gasteiger partial charge in [0.2, 0.25) is 0 Å². The van der Waals surface area contributed by atoms with Gasteiger partial charge in [0.1, 0.15) is 5.52 Å². The minimum Gasteiger partial charge on any atom is -0.481 e. The molecule has 2 heterocycles. The van der Waals surface area contributed by atoms with Crippen LogP contribution in [0, 0.1) is 0 Å². The number of imidazole rings is 1. The van der Waals surface area contributed by atoms with Crippen LogP contribution in [0.1, 0.15) is 12.8 Å². The molecule has 21 heavy (non-hydrogen) atoms. The molecule has 2 aromatic rings. The fraction of sp³-hybridized carbons (Fsp3) is 0.429. The van der Waals surface area contributed by atoms with Crippen molar-refractivity contribution in [1.29, 1.82) is 0 Å². The van der Waals surface area contributed by atoms with Crippen molar-refractivity contribution in [3.63, 3.8) is 0 Å². The highest BCUT2D eigenvalue weighted by Gasteiger charge is 2.21. The van der Waals surface area contributed by atoms with Crippen LogP contribution < -0.4 is 0 Å². The lowest BCUT2D eigenvalue weighted by Crippen LogP contribution is -2.16. The highest BCUT2D eigenvalue weighted by Crippen LogP contribution is 2.30. The van der Waals surface area contributed by atoms with Crippen molar-refractivity contribution in [2.24, 2.45) is 0 Å². The Kier molecular flexibility index (Phi) is 4.37. The molecular formula is C14H15ClN2O3S. The highest BCUT2D eigenvalue weighted by molar-refractivity contribution is 7.99. The molecule has 3 rings (SSSR count). The number of carboxylic acid groups (broad SMARTS) is 1. The number of para-hydroxylation sites is 1. The molecule has 1 N–H and O–H groups in total. The molecule has 1 aliphatic rings. The van der Waals surface area contributed by atoms with Crippen molar-refractivity contribution in [2.75, 3.05) is 12.4 Å². The van der Waals surface area contributed by atoms with Gasteiger partial charge in [-0.25, -0.2) is 4.98 Å². The maximum atomic E-state index is 10.8. The normalized spacial score (nSPS) is 18.4. The summed E-state index contributed by atoms with van der Waals surface area (Å²) in [7, 11) is 0. The number of ether oxygens (including phenoxy) is 1. The van der Waals surface area contributed by atoms with E-state index < -0.39 is 5.97 Å². The minimum atomic E-state index is -0.859. The number of carbonyl (C=O) groups is 1. The monoisotopic (exact) mass is 326 g/mol. The first kappa shape index (κ1) is 14.7. The number of benzene rings is 1. The number of hydrogen-bond acceptors (Lipinski definition) is 4. The van der Waals surface area contributed by atoms with E-state index in [0.717, 1.165) is 25.0 Å². The lowest BCUT2D eigenvalue weighted by Gasteiger charge is -2.13. The molecule has 0 bridgehead atoms. The summed E-state index contributed by atoms with van der Waals surface area (Å²) in [6.07, 6.45) is 2.24. The number of rotatable bonds is 5. The van der Waals surface area contributed by atoms with Crippen LogP contribution in [0.25, 0.3) is 11.0 Å². The third-order valence-electron chi connectivity index (χ3n) is 3.43. The zero-order valence-corrected chi connectivity index (χ0v) is 12.9.